The summed E-state index contributed by atoms with van der Waals surface area (Å²) in [4.78, 5) is 16.3. The fraction of sp³-hybridized carbons (Fsp3) is 0.0667. The third-order valence-electron chi connectivity index (χ3n) is 2.96. The minimum atomic E-state index is -0.268. The predicted octanol–water partition coefficient (Wildman–Crippen LogP) is 5.27. The number of aryl methyl sites for hydroxylation is 1. The van der Waals surface area contributed by atoms with E-state index in [1.165, 1.54) is 11.3 Å². The summed E-state index contributed by atoms with van der Waals surface area (Å²) in [6, 6.07) is 6.77. The highest BCUT2D eigenvalue weighted by atomic mass is 35.5. The molecule has 0 fully saturated rings. The van der Waals surface area contributed by atoms with E-state index in [9.17, 15) is 4.79 Å². The molecule has 4 nitrogen and oxygen atoms in total. The first-order valence-corrected chi connectivity index (χ1v) is 7.94. The van der Waals surface area contributed by atoms with Gasteiger partial charge < -0.3 is 4.42 Å². The van der Waals surface area contributed by atoms with Gasteiger partial charge in [0.05, 0.1) is 5.56 Å². The van der Waals surface area contributed by atoms with Gasteiger partial charge in [0, 0.05) is 27.2 Å². The number of carbonyl (C=O) groups is 1. The molecule has 0 atom stereocenters. The molecule has 22 heavy (non-hydrogen) atoms. The molecule has 1 N–H and O–H groups in total. The van der Waals surface area contributed by atoms with Crippen molar-refractivity contribution < 1.29 is 9.21 Å². The molecule has 3 rings (SSSR count). The molecule has 1 amide bonds. The normalized spacial score (nSPS) is 10.7. The van der Waals surface area contributed by atoms with Crippen LogP contribution in [-0.2, 0) is 0 Å². The van der Waals surface area contributed by atoms with Gasteiger partial charge in [0.2, 0.25) is 0 Å². The Balaban J connectivity index is 1.91. The summed E-state index contributed by atoms with van der Waals surface area (Å²) in [7, 11) is 0. The van der Waals surface area contributed by atoms with E-state index in [0.717, 1.165) is 0 Å². The molecule has 2 aromatic heterocycles. The number of aromatic nitrogens is 1. The zero-order valence-corrected chi connectivity index (χ0v) is 13.7. The van der Waals surface area contributed by atoms with Crippen molar-refractivity contribution in [3.8, 4) is 11.3 Å². The van der Waals surface area contributed by atoms with Crippen LogP contribution >= 0.6 is 34.5 Å². The first-order valence-electron chi connectivity index (χ1n) is 6.30. The lowest BCUT2D eigenvalue weighted by molar-refractivity contribution is 0.102. The molecule has 3 aromatic rings. The number of benzene rings is 1. The van der Waals surface area contributed by atoms with Gasteiger partial charge in [-0.05, 0) is 31.2 Å². The van der Waals surface area contributed by atoms with E-state index < -0.39 is 0 Å². The second-order valence-corrected chi connectivity index (χ2v) is 6.30. The van der Waals surface area contributed by atoms with Gasteiger partial charge in [-0.25, -0.2) is 4.98 Å². The monoisotopic (exact) mass is 352 g/mol. The van der Waals surface area contributed by atoms with Crippen LogP contribution in [0.5, 0.6) is 0 Å². The molecule has 0 aliphatic carbocycles. The third-order valence-corrected chi connectivity index (χ3v) is 4.09. The topological polar surface area (TPSA) is 55.1 Å². The standard InChI is InChI=1S/C15H10Cl2N2O2S/c1-8-12(14(20)19-15-18-2-3-22-15)7-13(21-8)9-4-10(16)6-11(17)5-9/h2-7H,1H3,(H,18,19,20). The maximum absolute atomic E-state index is 12.3. The van der Waals surface area contributed by atoms with Gasteiger partial charge in [-0.15, -0.1) is 11.3 Å². The minimum absolute atomic E-state index is 0.268. The Labute approximate surface area is 140 Å². The number of furan rings is 1. The van der Waals surface area contributed by atoms with Crippen molar-refractivity contribution >= 4 is 45.6 Å². The van der Waals surface area contributed by atoms with E-state index in [4.69, 9.17) is 27.6 Å². The molecule has 0 aliphatic rings. The number of carbonyl (C=O) groups excluding carboxylic acids is 1. The molecule has 0 aliphatic heterocycles. The number of hydrogen-bond acceptors (Lipinski definition) is 4. The van der Waals surface area contributed by atoms with Crippen molar-refractivity contribution in [2.45, 2.75) is 6.92 Å². The van der Waals surface area contributed by atoms with E-state index >= 15 is 0 Å². The highest BCUT2D eigenvalue weighted by Gasteiger charge is 2.17. The lowest BCUT2D eigenvalue weighted by Crippen LogP contribution is -2.11. The Morgan fingerprint density at radius 3 is 2.59 bits per heavy atom. The van der Waals surface area contributed by atoms with Crippen LogP contribution in [0.15, 0.2) is 40.3 Å². The third kappa shape index (κ3) is 3.16. The SMILES string of the molecule is Cc1oc(-c2cc(Cl)cc(Cl)c2)cc1C(=O)Nc1nccs1. The molecule has 0 radical (unpaired) electrons. The summed E-state index contributed by atoms with van der Waals surface area (Å²) in [5.74, 6) is 0.780. The Kier molecular flexibility index (Phi) is 4.20. The van der Waals surface area contributed by atoms with Crippen molar-refractivity contribution in [3.63, 3.8) is 0 Å². The molecule has 7 heteroatoms. The summed E-state index contributed by atoms with van der Waals surface area (Å²) < 4.78 is 5.66. The van der Waals surface area contributed by atoms with E-state index in [1.54, 1.807) is 42.8 Å². The molecule has 2 heterocycles. The van der Waals surface area contributed by atoms with Crippen molar-refractivity contribution in [1.29, 1.82) is 0 Å². The lowest BCUT2D eigenvalue weighted by Gasteiger charge is -1.99. The second-order valence-electron chi connectivity index (χ2n) is 4.53. The summed E-state index contributed by atoms with van der Waals surface area (Å²) >= 11 is 13.3. The van der Waals surface area contributed by atoms with Crippen LogP contribution in [0.25, 0.3) is 11.3 Å². The summed E-state index contributed by atoms with van der Waals surface area (Å²) in [6.07, 6.45) is 1.63. The first kappa shape index (κ1) is 15.1. The van der Waals surface area contributed by atoms with Crippen LogP contribution in [0.3, 0.4) is 0 Å². The zero-order valence-electron chi connectivity index (χ0n) is 11.4. The molecule has 0 saturated carbocycles. The zero-order chi connectivity index (χ0) is 15.7. The molecule has 1 aromatic carbocycles. The average molecular weight is 353 g/mol. The van der Waals surface area contributed by atoms with Crippen molar-refractivity contribution in [3.05, 3.63) is 57.2 Å². The average Bonchev–Trinajstić information content (AvgIpc) is 3.07. The fourth-order valence-electron chi connectivity index (χ4n) is 2.00. The summed E-state index contributed by atoms with van der Waals surface area (Å²) in [5, 5.41) is 6.06. The Morgan fingerprint density at radius 2 is 1.95 bits per heavy atom. The van der Waals surface area contributed by atoms with Gasteiger partial charge >= 0.3 is 0 Å². The maximum Gasteiger partial charge on any atom is 0.261 e. The van der Waals surface area contributed by atoms with Crippen molar-refractivity contribution in [2.24, 2.45) is 0 Å². The van der Waals surface area contributed by atoms with Crippen LogP contribution in [0, 0.1) is 6.92 Å². The van der Waals surface area contributed by atoms with Gasteiger partial charge in [0.1, 0.15) is 11.5 Å². The Hall–Kier alpha value is -1.82. The van der Waals surface area contributed by atoms with Crippen LogP contribution in [0.4, 0.5) is 5.13 Å². The van der Waals surface area contributed by atoms with Crippen LogP contribution < -0.4 is 5.32 Å². The van der Waals surface area contributed by atoms with Crippen LogP contribution in [0.1, 0.15) is 16.1 Å². The fourth-order valence-corrected chi connectivity index (χ4v) is 3.05. The van der Waals surface area contributed by atoms with Crippen LogP contribution in [-0.4, -0.2) is 10.9 Å². The molecular weight excluding hydrogens is 343 g/mol. The van der Waals surface area contributed by atoms with Gasteiger partial charge in [-0.3, -0.25) is 10.1 Å². The van der Waals surface area contributed by atoms with Gasteiger partial charge in [0.15, 0.2) is 5.13 Å². The number of hydrogen-bond donors (Lipinski definition) is 1. The minimum Gasteiger partial charge on any atom is -0.461 e. The second kappa shape index (κ2) is 6.12. The van der Waals surface area contributed by atoms with Gasteiger partial charge in [-0.1, -0.05) is 23.2 Å². The van der Waals surface area contributed by atoms with E-state index in [0.29, 0.717) is 37.8 Å². The number of nitrogens with zero attached hydrogens (tertiary/aromatic N) is 1. The largest absolute Gasteiger partial charge is 0.461 e. The van der Waals surface area contributed by atoms with E-state index in [1.807, 2.05) is 0 Å². The van der Waals surface area contributed by atoms with Gasteiger partial charge in [0.25, 0.3) is 5.91 Å². The maximum atomic E-state index is 12.3. The number of thiazole rings is 1. The summed E-state index contributed by atoms with van der Waals surface area (Å²) in [6.45, 7) is 1.73. The number of anilines is 1. The predicted molar refractivity (Wildman–Crippen MR) is 89.0 cm³/mol. The highest BCUT2D eigenvalue weighted by molar-refractivity contribution is 7.13. The number of halogens is 2. The quantitative estimate of drug-likeness (QED) is 0.698. The van der Waals surface area contributed by atoms with Crippen molar-refractivity contribution in [2.75, 3.05) is 5.32 Å². The first-order chi connectivity index (χ1) is 10.5. The lowest BCUT2D eigenvalue weighted by atomic mass is 10.1. The summed E-state index contributed by atoms with van der Waals surface area (Å²) in [5.41, 5.74) is 1.16. The van der Waals surface area contributed by atoms with Crippen LogP contribution in [0.2, 0.25) is 10.0 Å². The number of amides is 1. The molecule has 0 bridgehead atoms. The Bertz CT molecular complexity index is 808. The van der Waals surface area contributed by atoms with E-state index in [-0.39, 0.29) is 5.91 Å². The van der Waals surface area contributed by atoms with Crippen molar-refractivity contribution in [1.82, 2.24) is 4.98 Å². The van der Waals surface area contributed by atoms with E-state index in [2.05, 4.69) is 10.3 Å². The molecular formula is C15H10Cl2N2O2S. The highest BCUT2D eigenvalue weighted by Crippen LogP contribution is 2.30. The molecule has 0 saturated heterocycles. The molecule has 112 valence electrons. The number of nitrogens with one attached hydrogen (secondary N) is 1. The Morgan fingerprint density at radius 1 is 1.23 bits per heavy atom. The van der Waals surface area contributed by atoms with Gasteiger partial charge in [-0.2, -0.15) is 0 Å². The molecule has 0 unspecified atom stereocenters. The molecule has 0 spiro atoms. The smallest absolute Gasteiger partial charge is 0.261 e. The number of rotatable bonds is 3.